The number of nitrogens with zero attached hydrogens (tertiary/aromatic N) is 2. The van der Waals surface area contributed by atoms with Crippen molar-refractivity contribution < 1.29 is 13.9 Å². The number of methoxy groups -OCH3 is 1. The maximum Gasteiger partial charge on any atom is 0.271 e. The van der Waals surface area contributed by atoms with Crippen molar-refractivity contribution in [2.24, 2.45) is 0 Å². The minimum atomic E-state index is -0.303. The predicted molar refractivity (Wildman–Crippen MR) is 105 cm³/mol. The first-order valence-electron chi connectivity index (χ1n) is 8.78. The molecule has 2 aromatic carbocycles. The molecule has 0 spiro atoms. The summed E-state index contributed by atoms with van der Waals surface area (Å²) in [5.74, 6) is 0.217. The van der Waals surface area contributed by atoms with Crippen molar-refractivity contribution in [2.75, 3.05) is 7.11 Å². The number of pyridine rings is 1. The Labute approximate surface area is 161 Å². The number of fused-ring (bicyclic) bond motifs is 1. The van der Waals surface area contributed by atoms with Crippen LogP contribution in [0.2, 0.25) is 0 Å². The molecule has 0 atom stereocenters. The Bertz CT molecular complexity index is 1120. The molecule has 1 N–H and O–H groups in total. The fraction of sp³-hybridized carbons (Fsp3) is 0.0909. The van der Waals surface area contributed by atoms with Crippen molar-refractivity contribution in [3.8, 4) is 16.9 Å². The zero-order chi connectivity index (χ0) is 19.5. The van der Waals surface area contributed by atoms with Gasteiger partial charge in [-0.05, 0) is 53.1 Å². The molecular formula is C22H18FN3O2. The summed E-state index contributed by atoms with van der Waals surface area (Å²) in [6.45, 7) is 0.310. The SMILES string of the molecule is COc1ccc(-c2ccc3nc(C(=O)NCc4ccc(F)cc4)cn3c2)cc1. The Kier molecular flexibility index (Phi) is 4.76. The van der Waals surface area contributed by atoms with Crippen molar-refractivity contribution in [3.63, 3.8) is 0 Å². The van der Waals surface area contributed by atoms with Crippen molar-refractivity contribution in [1.82, 2.24) is 14.7 Å². The standard InChI is InChI=1S/C22H18FN3O2/c1-28-19-9-4-16(5-10-19)17-6-11-21-25-20(14-26(21)13-17)22(27)24-12-15-2-7-18(23)8-3-15/h2-11,13-14H,12H2,1H3,(H,24,27). The number of carbonyl (C=O) groups is 1. The van der Waals surface area contributed by atoms with Crippen LogP contribution in [0.15, 0.2) is 73.1 Å². The first-order chi connectivity index (χ1) is 13.6. The molecule has 0 aliphatic heterocycles. The molecule has 2 aromatic heterocycles. The molecule has 0 aliphatic carbocycles. The van der Waals surface area contributed by atoms with Gasteiger partial charge >= 0.3 is 0 Å². The molecule has 4 aromatic rings. The van der Waals surface area contributed by atoms with Crippen molar-refractivity contribution in [3.05, 3.63) is 90.1 Å². The van der Waals surface area contributed by atoms with Gasteiger partial charge in [-0.15, -0.1) is 0 Å². The third kappa shape index (κ3) is 3.71. The van der Waals surface area contributed by atoms with E-state index in [9.17, 15) is 9.18 Å². The highest BCUT2D eigenvalue weighted by atomic mass is 19.1. The van der Waals surface area contributed by atoms with Gasteiger partial charge in [0.25, 0.3) is 5.91 Å². The normalized spacial score (nSPS) is 10.8. The molecule has 0 aliphatic rings. The van der Waals surface area contributed by atoms with Crippen LogP contribution in [0.3, 0.4) is 0 Å². The molecule has 4 rings (SSSR count). The Balaban J connectivity index is 1.52. The van der Waals surface area contributed by atoms with E-state index >= 15 is 0 Å². The van der Waals surface area contributed by atoms with Crippen LogP contribution in [-0.4, -0.2) is 22.4 Å². The van der Waals surface area contributed by atoms with E-state index in [1.165, 1.54) is 12.1 Å². The van der Waals surface area contributed by atoms with Gasteiger partial charge in [0.15, 0.2) is 0 Å². The van der Waals surface area contributed by atoms with Crippen molar-refractivity contribution in [1.29, 1.82) is 0 Å². The molecule has 0 radical (unpaired) electrons. The van der Waals surface area contributed by atoms with Gasteiger partial charge < -0.3 is 14.5 Å². The molecule has 0 saturated carbocycles. The molecule has 0 saturated heterocycles. The third-order valence-corrected chi connectivity index (χ3v) is 4.47. The van der Waals surface area contributed by atoms with Gasteiger partial charge in [-0.1, -0.05) is 24.3 Å². The molecule has 0 unspecified atom stereocenters. The number of carbonyl (C=O) groups excluding carboxylic acids is 1. The average Bonchev–Trinajstić information content (AvgIpc) is 3.16. The molecule has 140 valence electrons. The highest BCUT2D eigenvalue weighted by molar-refractivity contribution is 5.92. The predicted octanol–water partition coefficient (Wildman–Crippen LogP) is 4.08. The second-order valence-electron chi connectivity index (χ2n) is 6.35. The summed E-state index contributed by atoms with van der Waals surface area (Å²) < 4.78 is 20.0. The number of benzene rings is 2. The number of rotatable bonds is 5. The molecular weight excluding hydrogens is 357 g/mol. The number of halogens is 1. The van der Waals surface area contributed by atoms with Crippen molar-refractivity contribution in [2.45, 2.75) is 6.54 Å². The summed E-state index contributed by atoms with van der Waals surface area (Å²) >= 11 is 0. The van der Waals surface area contributed by atoms with Gasteiger partial charge in [0.2, 0.25) is 0 Å². The van der Waals surface area contributed by atoms with Gasteiger partial charge in [0.1, 0.15) is 22.9 Å². The number of nitrogens with one attached hydrogen (secondary N) is 1. The highest BCUT2D eigenvalue weighted by Crippen LogP contribution is 2.23. The van der Waals surface area contributed by atoms with Crippen LogP contribution in [0.4, 0.5) is 4.39 Å². The second kappa shape index (κ2) is 7.52. The number of hydrogen-bond acceptors (Lipinski definition) is 3. The summed E-state index contributed by atoms with van der Waals surface area (Å²) in [6, 6.07) is 17.6. The molecule has 2 heterocycles. The van der Waals surface area contributed by atoms with Crippen LogP contribution in [-0.2, 0) is 6.54 Å². The fourth-order valence-corrected chi connectivity index (χ4v) is 2.93. The van der Waals surface area contributed by atoms with Gasteiger partial charge in [0, 0.05) is 18.9 Å². The number of ether oxygens (including phenoxy) is 1. The number of aromatic nitrogens is 2. The molecule has 6 heteroatoms. The van der Waals surface area contributed by atoms with E-state index < -0.39 is 0 Å². The lowest BCUT2D eigenvalue weighted by molar-refractivity contribution is 0.0946. The van der Waals surface area contributed by atoms with Crippen LogP contribution >= 0.6 is 0 Å². The maximum absolute atomic E-state index is 13.0. The van der Waals surface area contributed by atoms with Crippen LogP contribution in [0.25, 0.3) is 16.8 Å². The minimum Gasteiger partial charge on any atom is -0.497 e. The van der Waals surface area contributed by atoms with E-state index in [1.54, 1.807) is 25.4 Å². The summed E-state index contributed by atoms with van der Waals surface area (Å²) in [5, 5.41) is 2.80. The maximum atomic E-state index is 13.0. The largest absolute Gasteiger partial charge is 0.497 e. The van der Waals surface area contributed by atoms with E-state index in [4.69, 9.17) is 4.74 Å². The van der Waals surface area contributed by atoms with Crippen molar-refractivity contribution >= 4 is 11.6 Å². The lowest BCUT2D eigenvalue weighted by atomic mass is 10.1. The lowest BCUT2D eigenvalue weighted by Crippen LogP contribution is -2.23. The van der Waals surface area contributed by atoms with Gasteiger partial charge in [-0.25, -0.2) is 9.37 Å². The zero-order valence-electron chi connectivity index (χ0n) is 15.2. The second-order valence-corrected chi connectivity index (χ2v) is 6.35. The van der Waals surface area contributed by atoms with E-state index in [0.717, 1.165) is 22.4 Å². The van der Waals surface area contributed by atoms with Gasteiger partial charge in [0.05, 0.1) is 7.11 Å². The molecule has 28 heavy (non-hydrogen) atoms. The number of imidazole rings is 1. The summed E-state index contributed by atoms with van der Waals surface area (Å²) in [6.07, 6.45) is 3.63. The Hall–Kier alpha value is -3.67. The number of hydrogen-bond donors (Lipinski definition) is 1. The summed E-state index contributed by atoms with van der Waals surface area (Å²) in [7, 11) is 1.63. The quantitative estimate of drug-likeness (QED) is 0.572. The highest BCUT2D eigenvalue weighted by Gasteiger charge is 2.11. The van der Waals surface area contributed by atoms with E-state index in [1.807, 2.05) is 47.0 Å². The Morgan fingerprint density at radius 1 is 1.00 bits per heavy atom. The summed E-state index contributed by atoms with van der Waals surface area (Å²) in [4.78, 5) is 16.8. The average molecular weight is 375 g/mol. The van der Waals surface area contributed by atoms with Crippen LogP contribution < -0.4 is 10.1 Å². The first kappa shape index (κ1) is 17.7. The molecule has 1 amide bonds. The topological polar surface area (TPSA) is 55.6 Å². The molecule has 5 nitrogen and oxygen atoms in total. The smallest absolute Gasteiger partial charge is 0.271 e. The Morgan fingerprint density at radius 3 is 2.43 bits per heavy atom. The van der Waals surface area contributed by atoms with Crippen LogP contribution in [0, 0.1) is 5.82 Å². The third-order valence-electron chi connectivity index (χ3n) is 4.47. The monoisotopic (exact) mass is 375 g/mol. The van der Waals surface area contributed by atoms with E-state index in [0.29, 0.717) is 17.9 Å². The summed E-state index contributed by atoms with van der Waals surface area (Å²) in [5.41, 5.74) is 3.88. The molecule has 0 fully saturated rings. The van der Waals surface area contributed by atoms with E-state index in [-0.39, 0.29) is 11.7 Å². The van der Waals surface area contributed by atoms with E-state index in [2.05, 4.69) is 10.3 Å². The number of amides is 1. The van der Waals surface area contributed by atoms with Gasteiger partial charge in [-0.2, -0.15) is 0 Å². The fourth-order valence-electron chi connectivity index (χ4n) is 2.93. The lowest BCUT2D eigenvalue weighted by Gasteiger charge is -2.04. The van der Waals surface area contributed by atoms with Crippen LogP contribution in [0.1, 0.15) is 16.1 Å². The Morgan fingerprint density at radius 2 is 1.71 bits per heavy atom. The first-order valence-corrected chi connectivity index (χ1v) is 8.78. The van der Waals surface area contributed by atoms with Gasteiger partial charge in [-0.3, -0.25) is 4.79 Å². The van der Waals surface area contributed by atoms with Crippen LogP contribution in [0.5, 0.6) is 5.75 Å². The molecule has 0 bridgehead atoms. The zero-order valence-corrected chi connectivity index (χ0v) is 15.2. The minimum absolute atomic E-state index is 0.279.